The Bertz CT molecular complexity index is 472. The van der Waals surface area contributed by atoms with Crippen LogP contribution in [0.4, 0.5) is 0 Å². The molecular weight excluding hydrogens is 216 g/mol. The molecule has 0 saturated heterocycles. The third kappa shape index (κ3) is 2.21. The zero-order valence-electron chi connectivity index (χ0n) is 10.5. The quantitative estimate of drug-likeness (QED) is 0.828. The van der Waals surface area contributed by atoms with Gasteiger partial charge in [0, 0.05) is 13.6 Å². The van der Waals surface area contributed by atoms with Crippen LogP contribution in [0.25, 0.3) is 0 Å². The highest BCUT2D eigenvalue weighted by molar-refractivity contribution is 5.18. The first kappa shape index (κ1) is 11.8. The van der Waals surface area contributed by atoms with Gasteiger partial charge in [-0.15, -0.1) is 5.10 Å². The number of imidazole rings is 1. The SMILES string of the molecule is CCCn1nncc1C(NC)c1cncn1C. The summed E-state index contributed by atoms with van der Waals surface area (Å²) in [4.78, 5) is 4.15. The van der Waals surface area contributed by atoms with E-state index >= 15 is 0 Å². The number of aromatic nitrogens is 5. The second kappa shape index (κ2) is 5.09. The Morgan fingerprint density at radius 3 is 2.76 bits per heavy atom. The Morgan fingerprint density at radius 1 is 1.35 bits per heavy atom. The van der Waals surface area contributed by atoms with E-state index in [9.17, 15) is 0 Å². The van der Waals surface area contributed by atoms with E-state index in [2.05, 4.69) is 27.5 Å². The van der Waals surface area contributed by atoms with Gasteiger partial charge in [-0.05, 0) is 13.5 Å². The third-order valence-corrected chi connectivity index (χ3v) is 2.82. The minimum absolute atomic E-state index is 0.0732. The van der Waals surface area contributed by atoms with E-state index in [-0.39, 0.29) is 6.04 Å². The first-order valence-electron chi connectivity index (χ1n) is 5.79. The molecule has 92 valence electrons. The van der Waals surface area contributed by atoms with Crippen molar-refractivity contribution in [2.75, 3.05) is 7.05 Å². The molecule has 2 heterocycles. The van der Waals surface area contributed by atoms with E-state index in [0.717, 1.165) is 24.4 Å². The molecule has 0 saturated carbocycles. The maximum atomic E-state index is 4.15. The van der Waals surface area contributed by atoms with Crippen molar-refractivity contribution in [3.8, 4) is 0 Å². The normalized spacial score (nSPS) is 12.9. The monoisotopic (exact) mass is 234 g/mol. The van der Waals surface area contributed by atoms with Crippen LogP contribution in [-0.4, -0.2) is 31.6 Å². The van der Waals surface area contributed by atoms with Gasteiger partial charge in [0.2, 0.25) is 0 Å². The lowest BCUT2D eigenvalue weighted by Crippen LogP contribution is -2.23. The van der Waals surface area contributed by atoms with E-state index < -0.39 is 0 Å². The standard InChI is InChI=1S/C11H18N6/c1-4-5-17-10(7-14-15-17)11(12-2)9-6-13-8-16(9)3/h6-8,11-12H,4-5H2,1-3H3. The first-order valence-corrected chi connectivity index (χ1v) is 5.79. The van der Waals surface area contributed by atoms with E-state index in [0.29, 0.717) is 0 Å². The van der Waals surface area contributed by atoms with Crippen molar-refractivity contribution in [1.82, 2.24) is 29.9 Å². The average molecular weight is 234 g/mol. The fourth-order valence-electron chi connectivity index (χ4n) is 1.97. The predicted octanol–water partition coefficient (Wildman–Crippen LogP) is 0.730. The summed E-state index contributed by atoms with van der Waals surface area (Å²) in [5.74, 6) is 0. The highest BCUT2D eigenvalue weighted by atomic mass is 15.4. The molecule has 0 aliphatic carbocycles. The molecule has 0 amide bonds. The molecular formula is C11H18N6. The molecule has 2 aromatic heterocycles. The lowest BCUT2D eigenvalue weighted by atomic mass is 10.1. The fourth-order valence-corrected chi connectivity index (χ4v) is 1.97. The summed E-state index contributed by atoms with van der Waals surface area (Å²) in [5, 5.41) is 11.4. The number of nitrogens with zero attached hydrogens (tertiary/aromatic N) is 5. The lowest BCUT2D eigenvalue weighted by molar-refractivity contribution is 0.513. The van der Waals surface area contributed by atoms with E-state index in [1.54, 1.807) is 6.33 Å². The van der Waals surface area contributed by atoms with Crippen LogP contribution in [0.1, 0.15) is 30.8 Å². The van der Waals surface area contributed by atoms with E-state index in [1.807, 2.05) is 35.7 Å². The lowest BCUT2D eigenvalue weighted by Gasteiger charge is -2.17. The largest absolute Gasteiger partial charge is 0.336 e. The summed E-state index contributed by atoms with van der Waals surface area (Å²) < 4.78 is 3.94. The molecule has 6 nitrogen and oxygen atoms in total. The molecule has 2 aromatic rings. The highest BCUT2D eigenvalue weighted by Gasteiger charge is 2.19. The molecule has 1 unspecified atom stereocenters. The van der Waals surface area contributed by atoms with E-state index in [1.165, 1.54) is 0 Å². The molecule has 0 aromatic carbocycles. The molecule has 0 fully saturated rings. The summed E-state index contributed by atoms with van der Waals surface area (Å²) in [6.07, 6.45) is 6.51. The molecule has 0 aliphatic heterocycles. The van der Waals surface area contributed by atoms with Crippen molar-refractivity contribution >= 4 is 0 Å². The molecule has 0 spiro atoms. The maximum Gasteiger partial charge on any atom is 0.0946 e. The van der Waals surface area contributed by atoms with Crippen LogP contribution in [0.3, 0.4) is 0 Å². The molecule has 1 atom stereocenters. The Kier molecular flexibility index (Phi) is 3.53. The van der Waals surface area contributed by atoms with Crippen LogP contribution < -0.4 is 5.32 Å². The minimum atomic E-state index is 0.0732. The molecule has 0 aliphatic rings. The van der Waals surface area contributed by atoms with Gasteiger partial charge < -0.3 is 9.88 Å². The number of nitrogens with one attached hydrogen (secondary N) is 1. The Labute approximate surface area is 101 Å². The van der Waals surface area contributed by atoms with Gasteiger partial charge in [0.15, 0.2) is 0 Å². The van der Waals surface area contributed by atoms with Crippen molar-refractivity contribution in [2.45, 2.75) is 25.9 Å². The van der Waals surface area contributed by atoms with Crippen molar-refractivity contribution in [1.29, 1.82) is 0 Å². The van der Waals surface area contributed by atoms with Crippen LogP contribution in [-0.2, 0) is 13.6 Å². The summed E-state index contributed by atoms with van der Waals surface area (Å²) in [5.41, 5.74) is 2.17. The van der Waals surface area contributed by atoms with Crippen LogP contribution in [0.2, 0.25) is 0 Å². The predicted molar refractivity (Wildman–Crippen MR) is 64.4 cm³/mol. The zero-order valence-corrected chi connectivity index (χ0v) is 10.5. The second-order valence-electron chi connectivity index (χ2n) is 4.03. The maximum absolute atomic E-state index is 4.15. The van der Waals surface area contributed by atoms with Crippen LogP contribution in [0.15, 0.2) is 18.7 Å². The molecule has 2 rings (SSSR count). The van der Waals surface area contributed by atoms with Gasteiger partial charge >= 0.3 is 0 Å². The minimum Gasteiger partial charge on any atom is -0.336 e. The molecule has 1 N–H and O–H groups in total. The molecule has 0 bridgehead atoms. The average Bonchev–Trinajstić information content (AvgIpc) is 2.92. The topological polar surface area (TPSA) is 60.6 Å². The Balaban J connectivity index is 2.35. The second-order valence-corrected chi connectivity index (χ2v) is 4.03. The van der Waals surface area contributed by atoms with Crippen LogP contribution in [0.5, 0.6) is 0 Å². The van der Waals surface area contributed by atoms with Crippen LogP contribution >= 0.6 is 0 Å². The third-order valence-electron chi connectivity index (χ3n) is 2.82. The summed E-state index contributed by atoms with van der Waals surface area (Å²) in [6.45, 7) is 3.01. The van der Waals surface area contributed by atoms with Crippen molar-refractivity contribution in [2.24, 2.45) is 7.05 Å². The number of rotatable bonds is 5. The summed E-state index contributed by atoms with van der Waals surface area (Å²) in [6, 6.07) is 0.0732. The van der Waals surface area contributed by atoms with Gasteiger partial charge in [0.1, 0.15) is 0 Å². The molecule has 0 radical (unpaired) electrons. The summed E-state index contributed by atoms with van der Waals surface area (Å²) >= 11 is 0. The Morgan fingerprint density at radius 2 is 2.18 bits per heavy atom. The fraction of sp³-hybridized carbons (Fsp3) is 0.545. The van der Waals surface area contributed by atoms with Crippen molar-refractivity contribution in [3.63, 3.8) is 0 Å². The number of hydrogen-bond donors (Lipinski definition) is 1. The first-order chi connectivity index (χ1) is 8.27. The zero-order chi connectivity index (χ0) is 12.3. The van der Waals surface area contributed by atoms with Gasteiger partial charge in [0.05, 0.1) is 36.2 Å². The van der Waals surface area contributed by atoms with Gasteiger partial charge in [-0.2, -0.15) is 0 Å². The summed E-state index contributed by atoms with van der Waals surface area (Å²) in [7, 11) is 3.92. The molecule has 6 heteroatoms. The van der Waals surface area contributed by atoms with Crippen LogP contribution in [0, 0.1) is 0 Å². The van der Waals surface area contributed by atoms with Gasteiger partial charge in [-0.1, -0.05) is 12.1 Å². The number of aryl methyl sites for hydroxylation is 2. The van der Waals surface area contributed by atoms with Crippen molar-refractivity contribution in [3.05, 3.63) is 30.1 Å². The molecule has 17 heavy (non-hydrogen) atoms. The van der Waals surface area contributed by atoms with E-state index in [4.69, 9.17) is 0 Å². The van der Waals surface area contributed by atoms with Gasteiger partial charge in [-0.25, -0.2) is 9.67 Å². The highest BCUT2D eigenvalue weighted by Crippen LogP contribution is 2.19. The van der Waals surface area contributed by atoms with Crippen molar-refractivity contribution < 1.29 is 0 Å². The smallest absolute Gasteiger partial charge is 0.0946 e. The van der Waals surface area contributed by atoms with Gasteiger partial charge in [-0.3, -0.25) is 0 Å². The Hall–Kier alpha value is -1.69. The van der Waals surface area contributed by atoms with Gasteiger partial charge in [0.25, 0.3) is 0 Å². The number of hydrogen-bond acceptors (Lipinski definition) is 4.